The Labute approximate surface area is 173 Å². The van der Waals surface area contributed by atoms with Gasteiger partial charge in [0.2, 0.25) is 0 Å². The predicted molar refractivity (Wildman–Crippen MR) is 123 cm³/mol. The Kier molecular flexibility index (Phi) is 19.3. The second-order valence-corrected chi connectivity index (χ2v) is 9.96. The molecule has 0 N–H and O–H groups in total. The molecule has 0 aromatic carbocycles. The Morgan fingerprint density at radius 3 is 1.48 bits per heavy atom. The van der Waals surface area contributed by atoms with Crippen LogP contribution >= 0.6 is 0 Å². The summed E-state index contributed by atoms with van der Waals surface area (Å²) >= 11 is 0. The van der Waals surface area contributed by atoms with Gasteiger partial charge in [0.05, 0.1) is 0 Å². The van der Waals surface area contributed by atoms with Gasteiger partial charge < -0.3 is 4.74 Å². The quantitative estimate of drug-likeness (QED) is 0.191. The number of unbranched alkanes of at least 4 members (excludes halogenated alkanes) is 3. The number of hydrogen-bond donors (Lipinski definition) is 0. The van der Waals surface area contributed by atoms with Crippen molar-refractivity contribution >= 4 is 0 Å². The third-order valence-corrected chi connectivity index (χ3v) is 6.16. The molecule has 0 aliphatic rings. The van der Waals surface area contributed by atoms with Crippen molar-refractivity contribution in [3.63, 3.8) is 0 Å². The van der Waals surface area contributed by atoms with Gasteiger partial charge in [0, 0.05) is 13.2 Å². The van der Waals surface area contributed by atoms with Crippen LogP contribution in [0.15, 0.2) is 0 Å². The molecule has 0 saturated carbocycles. The summed E-state index contributed by atoms with van der Waals surface area (Å²) in [4.78, 5) is 0. The van der Waals surface area contributed by atoms with Crippen molar-refractivity contribution in [2.75, 3.05) is 13.2 Å². The first-order valence-electron chi connectivity index (χ1n) is 12.5. The molecule has 0 saturated heterocycles. The van der Waals surface area contributed by atoms with E-state index in [9.17, 15) is 0 Å². The van der Waals surface area contributed by atoms with Gasteiger partial charge in [0.25, 0.3) is 0 Å². The van der Waals surface area contributed by atoms with Crippen LogP contribution < -0.4 is 0 Å². The van der Waals surface area contributed by atoms with E-state index in [0.717, 1.165) is 36.9 Å². The summed E-state index contributed by atoms with van der Waals surface area (Å²) in [6, 6.07) is 0. The summed E-state index contributed by atoms with van der Waals surface area (Å²) in [6.45, 7) is 16.2. The van der Waals surface area contributed by atoms with Gasteiger partial charge in [-0.3, -0.25) is 0 Å². The third kappa shape index (κ3) is 20.5. The van der Waals surface area contributed by atoms with E-state index in [1.165, 1.54) is 89.9 Å². The minimum atomic E-state index is 0.828. The molecule has 0 amide bonds. The molecule has 0 aliphatic heterocycles. The summed E-state index contributed by atoms with van der Waals surface area (Å²) < 4.78 is 5.70. The Morgan fingerprint density at radius 2 is 0.963 bits per heavy atom. The second-order valence-electron chi connectivity index (χ2n) is 9.96. The van der Waals surface area contributed by atoms with E-state index in [-0.39, 0.29) is 0 Å². The first-order chi connectivity index (χ1) is 13.0. The van der Waals surface area contributed by atoms with Gasteiger partial charge in [-0.15, -0.1) is 0 Å². The number of ether oxygens (including phenoxy) is 1. The maximum atomic E-state index is 5.70. The maximum absolute atomic E-state index is 5.70. The molecule has 1 heteroatoms. The van der Waals surface area contributed by atoms with Gasteiger partial charge in [-0.05, 0) is 36.5 Å². The Morgan fingerprint density at radius 1 is 0.481 bits per heavy atom. The van der Waals surface area contributed by atoms with Crippen LogP contribution in [0.1, 0.15) is 131 Å². The zero-order valence-corrected chi connectivity index (χ0v) is 20.0. The summed E-state index contributed by atoms with van der Waals surface area (Å²) in [5, 5.41) is 0. The Hall–Kier alpha value is -0.0400. The van der Waals surface area contributed by atoms with Gasteiger partial charge in [0.1, 0.15) is 0 Å². The van der Waals surface area contributed by atoms with Crippen molar-refractivity contribution in [1.82, 2.24) is 0 Å². The van der Waals surface area contributed by atoms with Crippen molar-refractivity contribution in [2.45, 2.75) is 131 Å². The molecule has 0 heterocycles. The van der Waals surface area contributed by atoms with Crippen molar-refractivity contribution in [1.29, 1.82) is 0 Å². The SMILES string of the molecule is CCCCOCCC(C)CCCC(C)CCCC(C)CCCCCC(C)C. The minimum absolute atomic E-state index is 0.828. The third-order valence-electron chi connectivity index (χ3n) is 6.16. The summed E-state index contributed by atoms with van der Waals surface area (Å²) in [5.74, 6) is 3.56. The highest BCUT2D eigenvalue weighted by Crippen LogP contribution is 2.22. The monoisotopic (exact) mass is 382 g/mol. The predicted octanol–water partition coefficient (Wildman–Crippen LogP) is 9.05. The van der Waals surface area contributed by atoms with E-state index in [4.69, 9.17) is 4.74 Å². The van der Waals surface area contributed by atoms with Crippen LogP contribution in [0.3, 0.4) is 0 Å². The number of rotatable bonds is 20. The van der Waals surface area contributed by atoms with Gasteiger partial charge in [0.15, 0.2) is 0 Å². The van der Waals surface area contributed by atoms with Crippen LogP contribution in [0.25, 0.3) is 0 Å². The normalized spacial score (nSPS) is 15.2. The fourth-order valence-electron chi connectivity index (χ4n) is 3.92. The molecule has 3 unspecified atom stereocenters. The van der Waals surface area contributed by atoms with E-state index in [2.05, 4.69) is 41.5 Å². The minimum Gasteiger partial charge on any atom is -0.381 e. The molecule has 0 aliphatic carbocycles. The van der Waals surface area contributed by atoms with Crippen LogP contribution in [0, 0.1) is 23.7 Å². The zero-order chi connectivity index (χ0) is 20.3. The van der Waals surface area contributed by atoms with E-state index in [0.29, 0.717) is 0 Å². The topological polar surface area (TPSA) is 9.23 Å². The lowest BCUT2D eigenvalue weighted by molar-refractivity contribution is 0.117. The molecule has 27 heavy (non-hydrogen) atoms. The smallest absolute Gasteiger partial charge is 0.0468 e. The molecular formula is C26H54O. The molecule has 3 atom stereocenters. The molecular weight excluding hydrogens is 328 g/mol. The molecule has 0 aromatic heterocycles. The molecule has 0 rings (SSSR count). The molecule has 0 bridgehead atoms. The standard InChI is InChI=1S/C26H54O/c1-7-8-21-27-22-20-26(6)19-13-18-25(5)17-12-16-24(4)15-11-9-10-14-23(2)3/h23-26H,7-22H2,1-6H3. The van der Waals surface area contributed by atoms with Gasteiger partial charge in [-0.2, -0.15) is 0 Å². The number of hydrogen-bond acceptors (Lipinski definition) is 1. The highest BCUT2D eigenvalue weighted by molar-refractivity contribution is 4.61. The zero-order valence-electron chi connectivity index (χ0n) is 20.0. The lowest BCUT2D eigenvalue weighted by Gasteiger charge is -2.16. The van der Waals surface area contributed by atoms with Gasteiger partial charge in [-0.25, -0.2) is 0 Å². The second kappa shape index (κ2) is 19.3. The van der Waals surface area contributed by atoms with E-state index < -0.39 is 0 Å². The lowest BCUT2D eigenvalue weighted by Crippen LogP contribution is -2.04. The van der Waals surface area contributed by atoms with Crippen LogP contribution in [0.4, 0.5) is 0 Å². The van der Waals surface area contributed by atoms with Crippen molar-refractivity contribution in [3.05, 3.63) is 0 Å². The largest absolute Gasteiger partial charge is 0.381 e. The average molecular weight is 383 g/mol. The highest BCUT2D eigenvalue weighted by Gasteiger charge is 2.08. The fourth-order valence-corrected chi connectivity index (χ4v) is 3.92. The summed E-state index contributed by atoms with van der Waals surface area (Å²) in [7, 11) is 0. The Bertz CT molecular complexity index is 286. The first-order valence-corrected chi connectivity index (χ1v) is 12.5. The van der Waals surface area contributed by atoms with Crippen LogP contribution in [-0.4, -0.2) is 13.2 Å². The van der Waals surface area contributed by atoms with Crippen molar-refractivity contribution < 1.29 is 4.74 Å². The highest BCUT2D eigenvalue weighted by atomic mass is 16.5. The van der Waals surface area contributed by atoms with E-state index >= 15 is 0 Å². The lowest BCUT2D eigenvalue weighted by atomic mass is 9.91. The summed E-state index contributed by atoms with van der Waals surface area (Å²) in [6.07, 6.45) is 19.4. The van der Waals surface area contributed by atoms with Crippen molar-refractivity contribution in [3.8, 4) is 0 Å². The molecule has 0 radical (unpaired) electrons. The fraction of sp³-hybridized carbons (Fsp3) is 1.00. The summed E-state index contributed by atoms with van der Waals surface area (Å²) in [5.41, 5.74) is 0. The maximum Gasteiger partial charge on any atom is 0.0468 e. The first kappa shape index (κ1) is 27.0. The average Bonchev–Trinajstić information content (AvgIpc) is 2.61. The van der Waals surface area contributed by atoms with Crippen LogP contribution in [0.5, 0.6) is 0 Å². The van der Waals surface area contributed by atoms with E-state index in [1.54, 1.807) is 0 Å². The van der Waals surface area contributed by atoms with Crippen LogP contribution in [0.2, 0.25) is 0 Å². The van der Waals surface area contributed by atoms with E-state index in [1.807, 2.05) is 0 Å². The molecule has 0 aromatic rings. The molecule has 0 fully saturated rings. The van der Waals surface area contributed by atoms with Crippen molar-refractivity contribution in [2.24, 2.45) is 23.7 Å². The molecule has 164 valence electrons. The molecule has 1 nitrogen and oxygen atoms in total. The molecule has 0 spiro atoms. The Balaban J connectivity index is 3.45. The van der Waals surface area contributed by atoms with Gasteiger partial charge in [-0.1, -0.05) is 119 Å². The van der Waals surface area contributed by atoms with Crippen LogP contribution in [-0.2, 0) is 4.74 Å². The van der Waals surface area contributed by atoms with Gasteiger partial charge >= 0.3 is 0 Å².